The van der Waals surface area contributed by atoms with E-state index in [2.05, 4.69) is 0 Å². The molecule has 17 heavy (non-hydrogen) atoms. The first-order valence-electron chi connectivity index (χ1n) is 5.49. The first-order chi connectivity index (χ1) is 7.61. The van der Waals surface area contributed by atoms with Crippen LogP contribution in [-0.2, 0) is 9.59 Å². The molecule has 0 aliphatic carbocycles. The van der Waals surface area contributed by atoms with Crippen molar-refractivity contribution >= 4 is 23.6 Å². The quantitative estimate of drug-likeness (QED) is 0.400. The minimum Gasteiger partial charge on any atom is -0.547 e. The maximum atomic E-state index is 11.7. The van der Waals surface area contributed by atoms with Crippen LogP contribution in [0.1, 0.15) is 20.3 Å². The molecule has 1 saturated heterocycles. The van der Waals surface area contributed by atoms with Gasteiger partial charge >= 0.3 is 29.6 Å². The fourth-order valence-corrected chi connectivity index (χ4v) is 3.36. The minimum absolute atomic E-state index is 0. The number of carboxylic acids is 1. The standard InChI is InChI=1S/C11H15NO3S.Na/c1-3-6-7-5-8(16-4-2)9(11(14)15)12(7)10(6)13;/h5-7,9H,3-4H2,1-2H3,(H,14,15);/q;+1/p-1/t6-,7?,9+;/m1./s1. The third kappa shape index (κ3) is 2.30. The van der Waals surface area contributed by atoms with E-state index in [-0.39, 0.29) is 47.4 Å². The van der Waals surface area contributed by atoms with Crippen LogP contribution in [0.15, 0.2) is 11.0 Å². The zero-order valence-corrected chi connectivity index (χ0v) is 13.1. The first-order valence-corrected chi connectivity index (χ1v) is 6.47. The van der Waals surface area contributed by atoms with E-state index in [1.807, 2.05) is 19.9 Å². The van der Waals surface area contributed by atoms with Gasteiger partial charge in [-0.3, -0.25) is 4.79 Å². The monoisotopic (exact) mass is 263 g/mol. The normalized spacial score (nSPS) is 30.2. The van der Waals surface area contributed by atoms with E-state index in [1.165, 1.54) is 16.7 Å². The van der Waals surface area contributed by atoms with Crippen LogP contribution in [0.2, 0.25) is 0 Å². The molecule has 2 heterocycles. The van der Waals surface area contributed by atoms with Crippen LogP contribution >= 0.6 is 11.8 Å². The number of hydrogen-bond acceptors (Lipinski definition) is 4. The maximum Gasteiger partial charge on any atom is 1.00 e. The number of fused-ring (bicyclic) bond motifs is 1. The summed E-state index contributed by atoms with van der Waals surface area (Å²) in [5.74, 6) is -0.444. The molecule has 0 bridgehead atoms. The Morgan fingerprint density at radius 2 is 2.18 bits per heavy atom. The van der Waals surface area contributed by atoms with Crippen LogP contribution in [0.25, 0.3) is 0 Å². The Morgan fingerprint density at radius 1 is 1.53 bits per heavy atom. The molecule has 1 fully saturated rings. The first kappa shape index (κ1) is 15.1. The van der Waals surface area contributed by atoms with Crippen molar-refractivity contribution in [2.75, 3.05) is 5.75 Å². The van der Waals surface area contributed by atoms with Gasteiger partial charge in [0, 0.05) is 4.91 Å². The Kier molecular flexibility index (Phi) is 5.13. The molecule has 4 nitrogen and oxygen atoms in total. The molecule has 2 aliphatic rings. The van der Waals surface area contributed by atoms with Crippen LogP contribution in [-0.4, -0.2) is 34.6 Å². The molecule has 2 aliphatic heterocycles. The molecule has 6 heteroatoms. The van der Waals surface area contributed by atoms with Crippen molar-refractivity contribution in [3.8, 4) is 0 Å². The Balaban J connectivity index is 0.00000144. The van der Waals surface area contributed by atoms with Crippen LogP contribution in [0.3, 0.4) is 0 Å². The Bertz CT molecular complexity index is 372. The van der Waals surface area contributed by atoms with Gasteiger partial charge in [-0.1, -0.05) is 13.8 Å². The second-order valence-electron chi connectivity index (χ2n) is 3.97. The Morgan fingerprint density at radius 3 is 2.65 bits per heavy atom. The van der Waals surface area contributed by atoms with Crippen molar-refractivity contribution in [1.29, 1.82) is 0 Å². The molecule has 1 amide bonds. The van der Waals surface area contributed by atoms with E-state index < -0.39 is 12.0 Å². The number of carbonyl (C=O) groups is 2. The third-order valence-electron chi connectivity index (χ3n) is 3.16. The molecule has 0 aromatic carbocycles. The molecule has 0 saturated carbocycles. The molecule has 2 rings (SSSR count). The molecule has 0 aromatic heterocycles. The van der Waals surface area contributed by atoms with Crippen molar-refractivity contribution in [3.63, 3.8) is 0 Å². The van der Waals surface area contributed by atoms with Crippen molar-refractivity contribution in [2.24, 2.45) is 5.92 Å². The summed E-state index contributed by atoms with van der Waals surface area (Å²) in [5, 5.41) is 11.1. The van der Waals surface area contributed by atoms with Gasteiger partial charge in [-0.25, -0.2) is 0 Å². The number of rotatable bonds is 4. The molecule has 1 unspecified atom stereocenters. The third-order valence-corrected chi connectivity index (χ3v) is 4.14. The van der Waals surface area contributed by atoms with Gasteiger partial charge < -0.3 is 14.8 Å². The zero-order chi connectivity index (χ0) is 11.9. The molecule has 0 aromatic rings. The molecule has 88 valence electrons. The van der Waals surface area contributed by atoms with Gasteiger partial charge in [0.2, 0.25) is 5.91 Å². The number of nitrogens with zero attached hydrogens (tertiary/aromatic N) is 1. The molecule has 0 spiro atoms. The molecular weight excluding hydrogens is 249 g/mol. The fraction of sp³-hybridized carbons (Fsp3) is 0.636. The predicted molar refractivity (Wildman–Crippen MR) is 59.4 cm³/mol. The second-order valence-corrected chi connectivity index (χ2v) is 5.31. The average Bonchev–Trinajstić information content (AvgIpc) is 2.55. The van der Waals surface area contributed by atoms with Gasteiger partial charge in [-0.05, 0) is 18.2 Å². The van der Waals surface area contributed by atoms with E-state index >= 15 is 0 Å². The SMILES string of the molecule is CCSC1=CC2[C@@H](CC)C(=O)N2[C@@H]1C(=O)[O-].[Na+]. The van der Waals surface area contributed by atoms with Crippen LogP contribution in [0, 0.1) is 5.92 Å². The number of hydrogen-bond donors (Lipinski definition) is 0. The average molecular weight is 263 g/mol. The summed E-state index contributed by atoms with van der Waals surface area (Å²) >= 11 is 1.48. The number of carbonyl (C=O) groups excluding carboxylic acids is 2. The summed E-state index contributed by atoms with van der Waals surface area (Å²) in [5.41, 5.74) is 0. The summed E-state index contributed by atoms with van der Waals surface area (Å²) in [6.07, 6.45) is 2.69. The summed E-state index contributed by atoms with van der Waals surface area (Å²) in [4.78, 5) is 25.0. The summed E-state index contributed by atoms with van der Waals surface area (Å²) < 4.78 is 0. The number of aliphatic carboxylic acids is 1. The van der Waals surface area contributed by atoms with E-state index in [0.29, 0.717) is 0 Å². The molecule has 3 atom stereocenters. The van der Waals surface area contributed by atoms with Gasteiger partial charge in [0.15, 0.2) is 0 Å². The predicted octanol–water partition coefficient (Wildman–Crippen LogP) is -3.00. The van der Waals surface area contributed by atoms with Crippen LogP contribution in [0.4, 0.5) is 0 Å². The zero-order valence-electron chi connectivity index (χ0n) is 10.3. The number of carboxylic acid groups (broad SMARTS) is 1. The molecule has 0 radical (unpaired) electrons. The number of amides is 1. The summed E-state index contributed by atoms with van der Waals surface area (Å²) in [6, 6.07) is -0.861. The van der Waals surface area contributed by atoms with Gasteiger partial charge in [-0.15, -0.1) is 11.8 Å². The van der Waals surface area contributed by atoms with E-state index in [0.717, 1.165) is 17.1 Å². The smallest absolute Gasteiger partial charge is 0.547 e. The summed E-state index contributed by atoms with van der Waals surface area (Å²) in [6.45, 7) is 3.92. The van der Waals surface area contributed by atoms with Gasteiger partial charge in [-0.2, -0.15) is 0 Å². The molecular formula is C11H14NNaO3S. The Labute approximate surface area is 127 Å². The van der Waals surface area contributed by atoms with Crippen molar-refractivity contribution in [2.45, 2.75) is 32.4 Å². The van der Waals surface area contributed by atoms with Crippen molar-refractivity contribution in [3.05, 3.63) is 11.0 Å². The Hall–Kier alpha value is 0.0300. The molecule has 0 N–H and O–H groups in total. The van der Waals surface area contributed by atoms with Gasteiger partial charge in [0.25, 0.3) is 0 Å². The number of thioether (sulfide) groups is 1. The van der Waals surface area contributed by atoms with E-state index in [4.69, 9.17) is 0 Å². The maximum absolute atomic E-state index is 11.7. The van der Waals surface area contributed by atoms with E-state index in [1.54, 1.807) is 0 Å². The van der Waals surface area contributed by atoms with E-state index in [9.17, 15) is 14.7 Å². The minimum atomic E-state index is -1.17. The second kappa shape index (κ2) is 5.78. The van der Waals surface area contributed by atoms with Crippen molar-refractivity contribution in [1.82, 2.24) is 4.90 Å². The van der Waals surface area contributed by atoms with Crippen molar-refractivity contribution < 1.29 is 44.3 Å². The number of β-lactam (4-membered cyclic amide) rings is 1. The van der Waals surface area contributed by atoms with Gasteiger partial charge in [0.05, 0.1) is 17.9 Å². The largest absolute Gasteiger partial charge is 1.00 e. The fourth-order valence-electron chi connectivity index (χ4n) is 2.43. The van der Waals surface area contributed by atoms with Crippen LogP contribution < -0.4 is 34.7 Å². The van der Waals surface area contributed by atoms with Gasteiger partial charge in [0.1, 0.15) is 6.04 Å². The topological polar surface area (TPSA) is 60.4 Å². The summed E-state index contributed by atoms with van der Waals surface area (Å²) in [7, 11) is 0. The van der Waals surface area contributed by atoms with Crippen LogP contribution in [0.5, 0.6) is 0 Å².